The van der Waals surface area contributed by atoms with Gasteiger partial charge in [0.2, 0.25) is 5.91 Å². The summed E-state index contributed by atoms with van der Waals surface area (Å²) in [7, 11) is 0. The van der Waals surface area contributed by atoms with Crippen LogP contribution in [0.4, 0.5) is 10.1 Å². The number of carbonyl (C=O) groups is 3. The second kappa shape index (κ2) is 10.7. The molecule has 196 valence electrons. The molecule has 5 rings (SSSR count). The normalized spacial score (nSPS) is 16.4. The predicted molar refractivity (Wildman–Crippen MR) is 137 cm³/mol. The van der Waals surface area contributed by atoms with E-state index in [1.54, 1.807) is 23.1 Å². The molecule has 0 fully saturated rings. The first-order chi connectivity index (χ1) is 18.3. The lowest BCUT2D eigenvalue weighted by Crippen LogP contribution is -2.44. The molecular weight excluding hydrogens is 515 g/mol. The maximum atomic E-state index is 14.5. The molecule has 0 saturated heterocycles. The molecule has 1 N–H and O–H groups in total. The minimum Gasteiger partial charge on any atom is -0.482 e. The zero-order valence-corrected chi connectivity index (χ0v) is 21.0. The van der Waals surface area contributed by atoms with Gasteiger partial charge in [0.15, 0.2) is 13.2 Å². The Kier molecular flexibility index (Phi) is 7.20. The molecule has 3 aromatic carbocycles. The summed E-state index contributed by atoms with van der Waals surface area (Å²) in [5.74, 6) is -1.56. The van der Waals surface area contributed by atoms with E-state index in [-0.39, 0.29) is 37.1 Å². The van der Waals surface area contributed by atoms with E-state index < -0.39 is 24.4 Å². The van der Waals surface area contributed by atoms with Gasteiger partial charge in [-0.25, -0.2) is 9.18 Å². The highest BCUT2D eigenvalue weighted by Gasteiger charge is 2.35. The van der Waals surface area contributed by atoms with Crippen molar-refractivity contribution in [2.45, 2.75) is 18.9 Å². The van der Waals surface area contributed by atoms with E-state index in [1.165, 1.54) is 23.1 Å². The first kappa shape index (κ1) is 25.5. The predicted octanol–water partition coefficient (Wildman–Crippen LogP) is 4.23. The van der Waals surface area contributed by atoms with Crippen molar-refractivity contribution in [2.24, 2.45) is 0 Å². The first-order valence-electron chi connectivity index (χ1n) is 12.1. The zero-order chi connectivity index (χ0) is 26.8. The second-order valence-electron chi connectivity index (χ2n) is 9.00. The summed E-state index contributed by atoms with van der Waals surface area (Å²) >= 11 is 6.13. The summed E-state index contributed by atoms with van der Waals surface area (Å²) in [4.78, 5) is 40.6. The molecule has 3 aromatic rings. The summed E-state index contributed by atoms with van der Waals surface area (Å²) in [6, 6.07) is 15.7. The maximum absolute atomic E-state index is 14.5. The number of ether oxygens (including phenoxy) is 2. The van der Waals surface area contributed by atoms with Gasteiger partial charge in [-0.3, -0.25) is 9.59 Å². The third kappa shape index (κ3) is 5.15. The van der Waals surface area contributed by atoms with Gasteiger partial charge < -0.3 is 24.4 Å². The number of hydrogen-bond acceptors (Lipinski definition) is 5. The van der Waals surface area contributed by atoms with E-state index in [2.05, 4.69) is 0 Å². The van der Waals surface area contributed by atoms with Crippen LogP contribution in [-0.4, -0.2) is 54.1 Å². The number of carboxylic acid groups (broad SMARTS) is 1. The van der Waals surface area contributed by atoms with Crippen molar-refractivity contribution in [2.75, 3.05) is 31.2 Å². The van der Waals surface area contributed by atoms with Crippen LogP contribution in [0.5, 0.6) is 11.5 Å². The standard InChI is InChI=1S/C28H24ClFN2O6/c29-18-5-7-24-22(13-18)31(26(34)15-37-24)12-10-25(33)32-11-9-17-3-1-2-4-20(17)28(32)21-14-19(30)6-8-23(21)38-16-27(35)36/h1-8,13-14,28H,9-12,15-16H2,(H,35,36). The van der Waals surface area contributed by atoms with E-state index in [0.29, 0.717) is 35.0 Å². The lowest BCUT2D eigenvalue weighted by atomic mass is 9.87. The quantitative estimate of drug-likeness (QED) is 0.483. The molecule has 0 aliphatic carbocycles. The van der Waals surface area contributed by atoms with Gasteiger partial charge in [0.1, 0.15) is 17.3 Å². The fourth-order valence-corrected chi connectivity index (χ4v) is 5.11. The van der Waals surface area contributed by atoms with Gasteiger partial charge in [-0.05, 0) is 53.9 Å². The number of anilines is 1. The third-order valence-electron chi connectivity index (χ3n) is 6.63. The van der Waals surface area contributed by atoms with Gasteiger partial charge in [0.25, 0.3) is 5.91 Å². The molecule has 0 spiro atoms. The molecule has 8 nitrogen and oxygen atoms in total. The zero-order valence-electron chi connectivity index (χ0n) is 20.2. The molecule has 0 aromatic heterocycles. The Labute approximate surface area is 223 Å². The Morgan fingerprint density at radius 2 is 1.92 bits per heavy atom. The molecule has 2 aliphatic rings. The van der Waals surface area contributed by atoms with Crippen molar-refractivity contribution in [3.63, 3.8) is 0 Å². The molecule has 0 bridgehead atoms. The number of halogens is 2. The maximum Gasteiger partial charge on any atom is 0.341 e. The lowest BCUT2D eigenvalue weighted by Gasteiger charge is -2.39. The highest BCUT2D eigenvalue weighted by molar-refractivity contribution is 6.31. The van der Waals surface area contributed by atoms with Crippen LogP contribution in [0.3, 0.4) is 0 Å². The number of carbonyl (C=O) groups excluding carboxylic acids is 2. The van der Waals surface area contributed by atoms with Gasteiger partial charge >= 0.3 is 5.97 Å². The van der Waals surface area contributed by atoms with Crippen molar-refractivity contribution >= 4 is 35.1 Å². The Morgan fingerprint density at radius 3 is 2.74 bits per heavy atom. The molecule has 38 heavy (non-hydrogen) atoms. The number of amides is 2. The average molecular weight is 539 g/mol. The SMILES string of the molecule is O=C(O)COc1ccc(F)cc1C1c2ccccc2CCN1C(=O)CCN1C(=O)COc2ccc(Cl)cc21. The number of hydrogen-bond donors (Lipinski definition) is 1. The van der Waals surface area contributed by atoms with Crippen molar-refractivity contribution in [3.05, 3.63) is 88.2 Å². The van der Waals surface area contributed by atoms with E-state index in [9.17, 15) is 18.8 Å². The minimum absolute atomic E-state index is 0.00298. The number of fused-ring (bicyclic) bond motifs is 2. The fraction of sp³-hybridized carbons (Fsp3) is 0.250. The van der Waals surface area contributed by atoms with Gasteiger partial charge in [0, 0.05) is 30.1 Å². The smallest absolute Gasteiger partial charge is 0.341 e. The van der Waals surface area contributed by atoms with E-state index in [1.807, 2.05) is 24.3 Å². The first-order valence-corrected chi connectivity index (χ1v) is 12.4. The van der Waals surface area contributed by atoms with E-state index in [4.69, 9.17) is 26.2 Å². The number of rotatable bonds is 7. The van der Waals surface area contributed by atoms with Crippen molar-refractivity contribution in [1.82, 2.24) is 4.90 Å². The van der Waals surface area contributed by atoms with Crippen LogP contribution in [0, 0.1) is 5.82 Å². The fourth-order valence-electron chi connectivity index (χ4n) is 4.95. The molecular formula is C28H24ClFN2O6. The van der Waals surface area contributed by atoms with Crippen molar-refractivity contribution < 1.29 is 33.4 Å². The number of benzene rings is 3. The van der Waals surface area contributed by atoms with Crippen LogP contribution >= 0.6 is 11.6 Å². The number of nitrogens with zero attached hydrogens (tertiary/aromatic N) is 2. The van der Waals surface area contributed by atoms with Crippen LogP contribution in [0.15, 0.2) is 60.7 Å². The molecule has 0 saturated carbocycles. The Bertz CT molecular complexity index is 1410. The minimum atomic E-state index is -1.17. The molecule has 2 aliphatic heterocycles. The molecule has 1 unspecified atom stereocenters. The molecule has 10 heteroatoms. The van der Waals surface area contributed by atoms with Crippen LogP contribution in [-0.2, 0) is 20.8 Å². The topological polar surface area (TPSA) is 96.4 Å². The summed E-state index contributed by atoms with van der Waals surface area (Å²) in [5, 5.41) is 9.55. The summed E-state index contributed by atoms with van der Waals surface area (Å²) in [5.41, 5.74) is 2.65. The van der Waals surface area contributed by atoms with E-state index in [0.717, 1.165) is 11.1 Å². The Morgan fingerprint density at radius 1 is 1.11 bits per heavy atom. The number of carboxylic acids is 1. The van der Waals surface area contributed by atoms with Crippen LogP contribution in [0.1, 0.15) is 29.2 Å². The Balaban J connectivity index is 1.46. The van der Waals surface area contributed by atoms with Crippen LogP contribution in [0.2, 0.25) is 5.02 Å². The highest BCUT2D eigenvalue weighted by atomic mass is 35.5. The monoisotopic (exact) mass is 538 g/mol. The molecule has 0 radical (unpaired) electrons. The van der Waals surface area contributed by atoms with Gasteiger partial charge in [-0.1, -0.05) is 35.9 Å². The van der Waals surface area contributed by atoms with Crippen LogP contribution < -0.4 is 14.4 Å². The van der Waals surface area contributed by atoms with Gasteiger partial charge in [0.05, 0.1) is 11.7 Å². The molecule has 2 amide bonds. The van der Waals surface area contributed by atoms with Crippen molar-refractivity contribution in [1.29, 1.82) is 0 Å². The van der Waals surface area contributed by atoms with Crippen molar-refractivity contribution in [3.8, 4) is 11.5 Å². The number of aliphatic carboxylic acids is 1. The van der Waals surface area contributed by atoms with E-state index >= 15 is 0 Å². The summed E-state index contributed by atoms with van der Waals surface area (Å²) < 4.78 is 25.4. The van der Waals surface area contributed by atoms with Gasteiger partial charge in [-0.15, -0.1) is 0 Å². The lowest BCUT2D eigenvalue weighted by molar-refractivity contribution is -0.139. The van der Waals surface area contributed by atoms with Gasteiger partial charge in [-0.2, -0.15) is 0 Å². The largest absolute Gasteiger partial charge is 0.482 e. The molecule has 1 atom stereocenters. The summed E-state index contributed by atoms with van der Waals surface area (Å²) in [6.07, 6.45) is 0.588. The average Bonchev–Trinajstić information content (AvgIpc) is 2.91. The molecule has 2 heterocycles. The third-order valence-corrected chi connectivity index (χ3v) is 6.87. The second-order valence-corrected chi connectivity index (χ2v) is 9.44. The Hall–Kier alpha value is -4.11. The van der Waals surface area contributed by atoms with Crippen LogP contribution in [0.25, 0.3) is 0 Å². The highest BCUT2D eigenvalue weighted by Crippen LogP contribution is 2.40. The summed E-state index contributed by atoms with van der Waals surface area (Å²) in [6.45, 7) is -0.294.